The van der Waals surface area contributed by atoms with Crippen molar-refractivity contribution in [2.24, 2.45) is 5.92 Å². The lowest BCUT2D eigenvalue weighted by atomic mass is 10.1. The molecule has 0 saturated carbocycles. The van der Waals surface area contributed by atoms with E-state index in [0.29, 0.717) is 29.6 Å². The van der Waals surface area contributed by atoms with Gasteiger partial charge in [-0.3, -0.25) is 4.79 Å². The summed E-state index contributed by atoms with van der Waals surface area (Å²) in [6.07, 6.45) is 0.338. The predicted molar refractivity (Wildman–Crippen MR) is 123 cm³/mol. The Morgan fingerprint density at radius 2 is 1.80 bits per heavy atom. The highest BCUT2D eigenvalue weighted by molar-refractivity contribution is 5.94. The summed E-state index contributed by atoms with van der Waals surface area (Å²) in [5, 5.41) is 16.5. The van der Waals surface area contributed by atoms with Crippen LogP contribution in [-0.4, -0.2) is 55.7 Å². The van der Waals surface area contributed by atoms with Crippen LogP contribution >= 0.6 is 0 Å². The van der Waals surface area contributed by atoms with Crippen LogP contribution in [0, 0.1) is 5.92 Å². The highest BCUT2D eigenvalue weighted by atomic mass is 16.3. The number of nitrogens with one attached hydrogen (secondary N) is 2. The molecule has 6 nitrogen and oxygen atoms in total. The minimum Gasteiger partial charge on any atom is -0.370 e. The second-order valence-electron chi connectivity index (χ2n) is 8.67. The molecule has 0 aliphatic carbocycles. The molecule has 2 aromatic carbocycles. The number of carbonyl (C=O) groups excluding carboxylic acids is 1. The lowest BCUT2D eigenvalue weighted by molar-refractivity contribution is 0.0949. The lowest BCUT2D eigenvalue weighted by Crippen LogP contribution is -2.31. The van der Waals surface area contributed by atoms with Crippen LogP contribution in [-0.2, 0) is 0 Å². The van der Waals surface area contributed by atoms with E-state index >= 15 is 0 Å². The van der Waals surface area contributed by atoms with Crippen LogP contribution in [0.3, 0.4) is 0 Å². The molecule has 1 heterocycles. The first-order valence-electron chi connectivity index (χ1n) is 10.7. The quantitative estimate of drug-likeness (QED) is 0.583. The van der Waals surface area contributed by atoms with Gasteiger partial charge in [-0.1, -0.05) is 26.0 Å². The Morgan fingerprint density at radius 3 is 2.37 bits per heavy atom. The van der Waals surface area contributed by atoms with Crippen LogP contribution < -0.4 is 15.5 Å². The molecule has 30 heavy (non-hydrogen) atoms. The van der Waals surface area contributed by atoms with Crippen molar-refractivity contribution < 1.29 is 9.90 Å². The average molecular weight is 411 g/mol. The number of carbonyl (C=O) groups is 1. The summed E-state index contributed by atoms with van der Waals surface area (Å²) in [7, 11) is 4.26. The fraction of sp³-hybridized carbons (Fsp3) is 0.458. The number of likely N-dealkylation sites (N-methyl/N-ethyl adjacent to an activating group) is 1. The van der Waals surface area contributed by atoms with Gasteiger partial charge in [0.05, 0.1) is 0 Å². The molecular weight excluding hydrogens is 376 g/mol. The first-order valence-corrected chi connectivity index (χ1v) is 10.7. The molecule has 6 heteroatoms. The van der Waals surface area contributed by atoms with Gasteiger partial charge in [0.15, 0.2) is 6.23 Å². The standard InChI is InChI=1S/C24H34N4O2/c1-17(2)15-25-23(29)18-5-7-19(8-6-18)24(30)26-20-9-11-21(12-10-20)28-14-13-22(16-28)27(3)4/h5-12,17,22,24,26,30H,13-16H2,1-4H3,(H,25,29). The number of aliphatic hydroxyl groups is 1. The Kier molecular flexibility index (Phi) is 7.34. The van der Waals surface area contributed by atoms with Crippen molar-refractivity contribution in [3.63, 3.8) is 0 Å². The number of nitrogens with zero attached hydrogens (tertiary/aromatic N) is 2. The number of hydrogen-bond acceptors (Lipinski definition) is 5. The van der Waals surface area contributed by atoms with E-state index in [0.717, 1.165) is 18.8 Å². The molecule has 0 bridgehead atoms. The molecule has 3 N–H and O–H groups in total. The number of amides is 1. The number of benzene rings is 2. The molecule has 1 saturated heterocycles. The number of aliphatic hydroxyl groups excluding tert-OH is 1. The minimum atomic E-state index is -0.839. The summed E-state index contributed by atoms with van der Waals surface area (Å²) in [4.78, 5) is 16.8. The summed E-state index contributed by atoms with van der Waals surface area (Å²) in [5.74, 6) is 0.317. The third kappa shape index (κ3) is 5.74. The second-order valence-corrected chi connectivity index (χ2v) is 8.67. The van der Waals surface area contributed by atoms with Gasteiger partial charge in [0.25, 0.3) is 5.91 Å². The van der Waals surface area contributed by atoms with E-state index in [4.69, 9.17) is 0 Å². The molecule has 1 amide bonds. The SMILES string of the molecule is CC(C)CNC(=O)c1ccc(C(O)Nc2ccc(N3CCC(N(C)C)C3)cc2)cc1. The van der Waals surface area contributed by atoms with Crippen molar-refractivity contribution in [2.45, 2.75) is 32.5 Å². The first kappa shape index (κ1) is 22.1. The van der Waals surface area contributed by atoms with E-state index in [1.54, 1.807) is 24.3 Å². The zero-order valence-corrected chi connectivity index (χ0v) is 18.4. The summed E-state index contributed by atoms with van der Waals surface area (Å²) >= 11 is 0. The van der Waals surface area contributed by atoms with Gasteiger partial charge in [0, 0.05) is 48.2 Å². The fourth-order valence-electron chi connectivity index (χ4n) is 3.62. The van der Waals surface area contributed by atoms with Crippen molar-refractivity contribution in [1.29, 1.82) is 0 Å². The average Bonchev–Trinajstić information content (AvgIpc) is 3.23. The van der Waals surface area contributed by atoms with Crippen molar-refractivity contribution in [3.8, 4) is 0 Å². The second kappa shape index (κ2) is 9.96. The van der Waals surface area contributed by atoms with Gasteiger partial charge in [-0.15, -0.1) is 0 Å². The van der Waals surface area contributed by atoms with Crippen LogP contribution in [0.4, 0.5) is 11.4 Å². The number of hydrogen-bond donors (Lipinski definition) is 3. The van der Waals surface area contributed by atoms with Gasteiger partial charge in [0.1, 0.15) is 0 Å². The third-order valence-electron chi connectivity index (χ3n) is 5.59. The molecule has 1 aliphatic rings. The third-order valence-corrected chi connectivity index (χ3v) is 5.59. The maximum atomic E-state index is 12.1. The molecule has 162 valence electrons. The van der Waals surface area contributed by atoms with E-state index in [9.17, 15) is 9.90 Å². The van der Waals surface area contributed by atoms with Gasteiger partial charge in [-0.05, 0) is 62.8 Å². The first-order chi connectivity index (χ1) is 14.3. The zero-order valence-electron chi connectivity index (χ0n) is 18.4. The van der Waals surface area contributed by atoms with Crippen molar-refractivity contribution in [2.75, 3.05) is 43.9 Å². The highest BCUT2D eigenvalue weighted by Crippen LogP contribution is 2.25. The Morgan fingerprint density at radius 1 is 1.13 bits per heavy atom. The van der Waals surface area contributed by atoms with Crippen LogP contribution in [0.25, 0.3) is 0 Å². The van der Waals surface area contributed by atoms with Crippen molar-refractivity contribution >= 4 is 17.3 Å². The summed E-state index contributed by atoms with van der Waals surface area (Å²) in [6.45, 7) is 6.87. The maximum absolute atomic E-state index is 12.1. The van der Waals surface area contributed by atoms with Crippen LogP contribution in [0.1, 0.15) is 42.4 Å². The summed E-state index contributed by atoms with van der Waals surface area (Å²) < 4.78 is 0. The van der Waals surface area contributed by atoms with E-state index in [2.05, 4.69) is 60.5 Å². The monoisotopic (exact) mass is 410 g/mol. The Balaban J connectivity index is 1.55. The van der Waals surface area contributed by atoms with Crippen molar-refractivity contribution in [3.05, 3.63) is 59.7 Å². The maximum Gasteiger partial charge on any atom is 0.251 e. The Hall–Kier alpha value is -2.57. The van der Waals surface area contributed by atoms with Crippen LogP contribution in [0.2, 0.25) is 0 Å². The normalized spacial score (nSPS) is 17.4. The largest absolute Gasteiger partial charge is 0.370 e. The number of rotatable bonds is 8. The lowest BCUT2D eigenvalue weighted by Gasteiger charge is -2.22. The Labute approximate surface area is 179 Å². The van der Waals surface area contributed by atoms with Gasteiger partial charge in [0.2, 0.25) is 0 Å². The van der Waals surface area contributed by atoms with Gasteiger partial charge >= 0.3 is 0 Å². The van der Waals surface area contributed by atoms with E-state index in [1.165, 1.54) is 12.1 Å². The van der Waals surface area contributed by atoms with Crippen LogP contribution in [0.15, 0.2) is 48.5 Å². The van der Waals surface area contributed by atoms with Gasteiger partial charge in [-0.25, -0.2) is 0 Å². The molecule has 1 aliphatic heterocycles. The van der Waals surface area contributed by atoms with E-state index in [-0.39, 0.29) is 5.91 Å². The number of anilines is 2. The highest BCUT2D eigenvalue weighted by Gasteiger charge is 2.24. The molecule has 2 aromatic rings. The van der Waals surface area contributed by atoms with Gasteiger partial charge < -0.3 is 25.5 Å². The van der Waals surface area contributed by atoms with Gasteiger partial charge in [-0.2, -0.15) is 0 Å². The fourth-order valence-corrected chi connectivity index (χ4v) is 3.62. The summed E-state index contributed by atoms with van der Waals surface area (Å²) in [6, 6.07) is 15.8. The minimum absolute atomic E-state index is 0.0910. The van der Waals surface area contributed by atoms with E-state index < -0.39 is 6.23 Å². The molecule has 0 radical (unpaired) electrons. The molecule has 1 fully saturated rings. The van der Waals surface area contributed by atoms with E-state index in [1.807, 2.05) is 12.1 Å². The Bertz CT molecular complexity index is 818. The topological polar surface area (TPSA) is 67.8 Å². The molecule has 2 atom stereocenters. The molecule has 2 unspecified atom stereocenters. The zero-order chi connectivity index (χ0) is 21.7. The molecular formula is C24H34N4O2. The van der Waals surface area contributed by atoms with Crippen molar-refractivity contribution in [1.82, 2.24) is 10.2 Å². The summed E-state index contributed by atoms with van der Waals surface area (Å²) in [5.41, 5.74) is 3.37. The predicted octanol–water partition coefficient (Wildman–Crippen LogP) is 3.32. The smallest absolute Gasteiger partial charge is 0.251 e. The molecule has 0 spiro atoms. The van der Waals surface area contributed by atoms with Crippen LogP contribution in [0.5, 0.6) is 0 Å². The molecule has 3 rings (SSSR count). The molecule has 0 aromatic heterocycles.